The number of carboxylic acids is 1. The standard InChI is InChI=1S/C12H21NO6S2/c14-12(15)11(9-4-2-1-3-5-9)13-21(18,19)10-6-7-20(16,17)8-10/h9-11,13H,1-8H2,(H,14,15). The second-order valence-electron chi connectivity index (χ2n) is 5.90. The Labute approximate surface area is 125 Å². The summed E-state index contributed by atoms with van der Waals surface area (Å²) in [6, 6.07) is -1.15. The lowest BCUT2D eigenvalue weighted by Crippen LogP contribution is -2.49. The van der Waals surface area contributed by atoms with Crippen LogP contribution in [-0.2, 0) is 24.7 Å². The van der Waals surface area contributed by atoms with Crippen molar-refractivity contribution in [2.75, 3.05) is 11.5 Å². The molecule has 2 atom stereocenters. The molecule has 122 valence electrons. The smallest absolute Gasteiger partial charge is 0.322 e. The van der Waals surface area contributed by atoms with Gasteiger partial charge < -0.3 is 5.11 Å². The summed E-state index contributed by atoms with van der Waals surface area (Å²) in [4.78, 5) is 11.4. The van der Waals surface area contributed by atoms with Crippen molar-refractivity contribution in [2.45, 2.75) is 49.8 Å². The van der Waals surface area contributed by atoms with E-state index in [2.05, 4.69) is 4.72 Å². The van der Waals surface area contributed by atoms with Gasteiger partial charge in [0.1, 0.15) is 6.04 Å². The maximum absolute atomic E-state index is 12.2. The predicted octanol–water partition coefficient (Wildman–Crippen LogP) is 0.126. The molecule has 0 aromatic heterocycles. The number of hydrogen-bond acceptors (Lipinski definition) is 5. The monoisotopic (exact) mass is 339 g/mol. The van der Waals surface area contributed by atoms with Gasteiger partial charge in [0.25, 0.3) is 0 Å². The molecule has 1 aliphatic carbocycles. The van der Waals surface area contributed by atoms with E-state index < -0.39 is 42.9 Å². The molecule has 1 heterocycles. The van der Waals surface area contributed by atoms with E-state index in [1.165, 1.54) is 0 Å². The Hall–Kier alpha value is -0.670. The fourth-order valence-electron chi connectivity index (χ4n) is 3.09. The first-order valence-electron chi connectivity index (χ1n) is 7.16. The molecule has 7 nitrogen and oxygen atoms in total. The molecule has 9 heteroatoms. The quantitative estimate of drug-likeness (QED) is 0.735. The van der Waals surface area contributed by atoms with E-state index in [0.717, 1.165) is 19.3 Å². The molecule has 1 aliphatic heterocycles. The van der Waals surface area contributed by atoms with E-state index in [4.69, 9.17) is 0 Å². The van der Waals surface area contributed by atoms with Crippen LogP contribution in [0.1, 0.15) is 38.5 Å². The van der Waals surface area contributed by atoms with Gasteiger partial charge in [-0.3, -0.25) is 4.79 Å². The van der Waals surface area contributed by atoms with Crippen LogP contribution in [0.3, 0.4) is 0 Å². The van der Waals surface area contributed by atoms with Crippen molar-refractivity contribution >= 4 is 25.8 Å². The number of nitrogens with one attached hydrogen (secondary N) is 1. The molecular formula is C12H21NO6S2. The zero-order chi connectivity index (χ0) is 15.7. The zero-order valence-corrected chi connectivity index (χ0v) is 13.3. The SMILES string of the molecule is O=C(O)C(NS(=O)(=O)C1CCS(=O)(=O)C1)C1CCCCC1. The first-order valence-corrected chi connectivity index (χ1v) is 10.5. The van der Waals surface area contributed by atoms with Gasteiger partial charge in [-0.2, -0.15) is 0 Å². The molecule has 2 rings (SSSR count). The topological polar surface area (TPSA) is 118 Å². The third kappa shape index (κ3) is 4.17. The fourth-order valence-corrected chi connectivity index (χ4v) is 7.39. The Morgan fingerprint density at radius 3 is 2.24 bits per heavy atom. The molecule has 1 saturated carbocycles. The number of sulfone groups is 1. The number of hydrogen-bond donors (Lipinski definition) is 2. The van der Waals surface area contributed by atoms with E-state index in [1.807, 2.05) is 0 Å². The first kappa shape index (κ1) is 16.7. The van der Waals surface area contributed by atoms with Gasteiger partial charge in [0.2, 0.25) is 10.0 Å². The maximum atomic E-state index is 12.2. The van der Waals surface area contributed by atoms with Crippen LogP contribution in [0, 0.1) is 5.92 Å². The van der Waals surface area contributed by atoms with E-state index in [9.17, 15) is 26.7 Å². The van der Waals surface area contributed by atoms with E-state index >= 15 is 0 Å². The van der Waals surface area contributed by atoms with Crippen molar-refractivity contribution in [3.8, 4) is 0 Å². The van der Waals surface area contributed by atoms with Gasteiger partial charge in [-0.1, -0.05) is 19.3 Å². The molecule has 0 bridgehead atoms. The second-order valence-corrected chi connectivity index (χ2v) is 10.1. The van der Waals surface area contributed by atoms with Crippen LogP contribution >= 0.6 is 0 Å². The molecule has 2 unspecified atom stereocenters. The molecule has 0 amide bonds. The lowest BCUT2D eigenvalue weighted by molar-refractivity contribution is -0.140. The van der Waals surface area contributed by atoms with Gasteiger partial charge >= 0.3 is 5.97 Å². The highest BCUT2D eigenvalue weighted by Gasteiger charge is 2.41. The minimum absolute atomic E-state index is 0.0364. The summed E-state index contributed by atoms with van der Waals surface area (Å²) in [6.07, 6.45) is 4.23. The second kappa shape index (κ2) is 6.21. The molecule has 0 spiro atoms. The van der Waals surface area contributed by atoms with Gasteiger partial charge in [0.15, 0.2) is 9.84 Å². The summed E-state index contributed by atoms with van der Waals surface area (Å²) in [5, 5.41) is 8.25. The normalized spacial score (nSPS) is 28.3. The lowest BCUT2D eigenvalue weighted by Gasteiger charge is -2.28. The molecule has 2 fully saturated rings. The summed E-state index contributed by atoms with van der Waals surface area (Å²) in [7, 11) is -7.26. The number of aliphatic carboxylic acids is 1. The highest BCUT2D eigenvalue weighted by Crippen LogP contribution is 2.28. The van der Waals surface area contributed by atoms with E-state index in [0.29, 0.717) is 12.8 Å². The van der Waals surface area contributed by atoms with E-state index in [1.54, 1.807) is 0 Å². The zero-order valence-electron chi connectivity index (χ0n) is 11.7. The highest BCUT2D eigenvalue weighted by atomic mass is 32.2. The molecule has 0 aromatic carbocycles. The van der Waals surface area contributed by atoms with Crippen LogP contribution in [0.4, 0.5) is 0 Å². The van der Waals surface area contributed by atoms with Gasteiger partial charge in [-0.25, -0.2) is 21.6 Å². The van der Waals surface area contributed by atoms with Crippen LogP contribution in [-0.4, -0.2) is 50.7 Å². The fraction of sp³-hybridized carbons (Fsp3) is 0.917. The lowest BCUT2D eigenvalue weighted by atomic mass is 9.84. The van der Waals surface area contributed by atoms with Crippen LogP contribution in [0.2, 0.25) is 0 Å². The summed E-state index contributed by atoms with van der Waals surface area (Å²) in [5.74, 6) is -1.98. The third-order valence-corrected chi connectivity index (χ3v) is 8.15. The third-order valence-electron chi connectivity index (χ3n) is 4.31. The highest BCUT2D eigenvalue weighted by molar-refractivity contribution is 7.95. The van der Waals surface area contributed by atoms with Crippen LogP contribution in [0.15, 0.2) is 0 Å². The predicted molar refractivity (Wildman–Crippen MR) is 77.1 cm³/mol. The summed E-state index contributed by atoms with van der Waals surface area (Å²) in [5.41, 5.74) is 0. The summed E-state index contributed by atoms with van der Waals surface area (Å²) < 4.78 is 49.5. The van der Waals surface area contributed by atoms with Crippen molar-refractivity contribution in [1.82, 2.24) is 4.72 Å². The van der Waals surface area contributed by atoms with Gasteiger partial charge in [0.05, 0.1) is 16.8 Å². The van der Waals surface area contributed by atoms with Gasteiger partial charge in [-0.15, -0.1) is 0 Å². The Bertz CT molecular complexity index is 591. The Kier molecular flexibility index (Phi) is 4.94. The Balaban J connectivity index is 2.10. The molecule has 1 saturated heterocycles. The Morgan fingerprint density at radius 1 is 1.14 bits per heavy atom. The van der Waals surface area contributed by atoms with E-state index in [-0.39, 0.29) is 18.1 Å². The average molecular weight is 339 g/mol. The first-order chi connectivity index (χ1) is 9.71. The number of carboxylic acid groups (broad SMARTS) is 1. The minimum Gasteiger partial charge on any atom is -0.480 e. The maximum Gasteiger partial charge on any atom is 0.322 e. The van der Waals surface area contributed by atoms with Gasteiger partial charge in [0, 0.05) is 0 Å². The molecule has 21 heavy (non-hydrogen) atoms. The van der Waals surface area contributed by atoms with Crippen LogP contribution < -0.4 is 4.72 Å². The van der Waals surface area contributed by atoms with Crippen molar-refractivity contribution in [3.05, 3.63) is 0 Å². The number of carbonyl (C=O) groups is 1. The number of sulfonamides is 1. The molecule has 2 aliphatic rings. The molecule has 0 radical (unpaired) electrons. The Morgan fingerprint density at radius 2 is 1.76 bits per heavy atom. The van der Waals surface area contributed by atoms with Crippen LogP contribution in [0.25, 0.3) is 0 Å². The van der Waals surface area contributed by atoms with Crippen molar-refractivity contribution in [1.29, 1.82) is 0 Å². The molecule has 2 N–H and O–H groups in total. The average Bonchev–Trinajstić information content (AvgIpc) is 2.78. The number of rotatable bonds is 5. The molecule has 0 aromatic rings. The van der Waals surface area contributed by atoms with Crippen molar-refractivity contribution in [2.24, 2.45) is 5.92 Å². The van der Waals surface area contributed by atoms with Gasteiger partial charge in [-0.05, 0) is 25.2 Å². The van der Waals surface area contributed by atoms with Crippen LogP contribution in [0.5, 0.6) is 0 Å². The molecular weight excluding hydrogens is 318 g/mol. The minimum atomic E-state index is -3.93. The van der Waals surface area contributed by atoms with Crippen molar-refractivity contribution in [3.63, 3.8) is 0 Å². The largest absolute Gasteiger partial charge is 0.480 e. The summed E-state index contributed by atoms with van der Waals surface area (Å²) in [6.45, 7) is 0. The summed E-state index contributed by atoms with van der Waals surface area (Å²) >= 11 is 0. The van der Waals surface area contributed by atoms with Crippen molar-refractivity contribution < 1.29 is 26.7 Å².